The molecule has 0 aliphatic carbocycles. The first-order chi connectivity index (χ1) is 9.51. The zero-order valence-corrected chi connectivity index (χ0v) is 10.9. The summed E-state index contributed by atoms with van der Waals surface area (Å²) in [6, 6.07) is 1.91. The smallest absolute Gasteiger partial charge is 0.446 e. The van der Waals surface area contributed by atoms with E-state index < -0.39 is 51.0 Å². The number of hydrogen-bond donors (Lipinski definition) is 0. The first-order valence-corrected chi connectivity index (χ1v) is 5.81. The number of alkyl halides is 6. The number of methoxy groups -OCH3 is 1. The largest absolute Gasteiger partial charge is 0.465 e. The van der Waals surface area contributed by atoms with E-state index in [0.717, 1.165) is 13.2 Å². The predicted molar refractivity (Wildman–Crippen MR) is 59.4 cm³/mol. The first kappa shape index (κ1) is 17.2. The maximum absolute atomic E-state index is 12.7. The van der Waals surface area contributed by atoms with E-state index in [1.165, 1.54) is 0 Å². The van der Waals surface area contributed by atoms with Crippen molar-refractivity contribution in [3.63, 3.8) is 0 Å². The van der Waals surface area contributed by atoms with E-state index in [1.54, 1.807) is 0 Å². The van der Waals surface area contributed by atoms with Gasteiger partial charge in [-0.1, -0.05) is 0 Å². The average Bonchev–Trinajstić information content (AvgIpc) is 2.33. The molecule has 10 heteroatoms. The molecule has 0 fully saturated rings. The molecule has 0 aliphatic heterocycles. The normalized spacial score (nSPS) is 11.9. The molecule has 0 bridgehead atoms. The lowest BCUT2D eigenvalue weighted by atomic mass is 10.0. The summed E-state index contributed by atoms with van der Waals surface area (Å²) >= 11 is -0.799. The van der Waals surface area contributed by atoms with Gasteiger partial charge in [0.1, 0.15) is 6.07 Å². The van der Waals surface area contributed by atoms with Crippen LogP contribution < -0.4 is 0 Å². The molecule has 1 aromatic rings. The number of hydrogen-bond acceptors (Lipinski definition) is 4. The van der Waals surface area contributed by atoms with Gasteiger partial charge in [-0.15, -0.1) is 0 Å². The summed E-state index contributed by atoms with van der Waals surface area (Å²) in [5.41, 5.74) is -8.60. The zero-order chi connectivity index (χ0) is 16.4. The van der Waals surface area contributed by atoms with Gasteiger partial charge in [0.25, 0.3) is 0 Å². The monoisotopic (exact) mass is 329 g/mol. The maximum atomic E-state index is 12.7. The fourth-order valence-electron chi connectivity index (χ4n) is 1.45. The second kappa shape index (κ2) is 5.85. The van der Waals surface area contributed by atoms with Crippen LogP contribution in [0.4, 0.5) is 26.3 Å². The standard InChI is InChI=1S/C11H5F6NO2S/c1-20-9(19)8-5(4-18)6(10(12,13)14)2-3-7(8)21-11(15,16)17/h2-3H,1H3. The molecule has 1 rings (SSSR count). The van der Waals surface area contributed by atoms with Crippen LogP contribution in [-0.4, -0.2) is 18.6 Å². The van der Waals surface area contributed by atoms with Crippen molar-refractivity contribution in [2.24, 2.45) is 0 Å². The molecule has 0 amide bonds. The zero-order valence-electron chi connectivity index (χ0n) is 10.1. The lowest BCUT2D eigenvalue weighted by Gasteiger charge is -2.15. The highest BCUT2D eigenvalue weighted by molar-refractivity contribution is 8.00. The van der Waals surface area contributed by atoms with Crippen LogP contribution in [0, 0.1) is 11.3 Å². The summed E-state index contributed by atoms with van der Waals surface area (Å²) in [6.07, 6.45) is -4.99. The summed E-state index contributed by atoms with van der Waals surface area (Å²) in [6.45, 7) is 0. The van der Waals surface area contributed by atoms with Gasteiger partial charge in [0.05, 0.1) is 23.8 Å². The summed E-state index contributed by atoms with van der Waals surface area (Å²) in [5.74, 6) is -1.45. The number of benzene rings is 1. The Morgan fingerprint density at radius 1 is 1.24 bits per heavy atom. The minimum Gasteiger partial charge on any atom is -0.465 e. The quantitative estimate of drug-likeness (QED) is 0.468. The number of rotatable bonds is 2. The minimum absolute atomic E-state index is 0.319. The number of halogens is 6. The summed E-state index contributed by atoms with van der Waals surface area (Å²) in [4.78, 5) is 10.6. The number of nitriles is 1. The van der Waals surface area contributed by atoms with Crippen LogP contribution in [-0.2, 0) is 10.9 Å². The number of nitrogens with zero attached hydrogens (tertiary/aromatic N) is 1. The molecule has 3 nitrogen and oxygen atoms in total. The van der Waals surface area contributed by atoms with Crippen molar-refractivity contribution < 1.29 is 35.9 Å². The Bertz CT molecular complexity index is 602. The van der Waals surface area contributed by atoms with E-state index in [2.05, 4.69) is 4.74 Å². The van der Waals surface area contributed by atoms with Crippen molar-refractivity contribution in [1.29, 1.82) is 5.26 Å². The Labute approximate surface area is 118 Å². The molecule has 0 aromatic heterocycles. The molecule has 0 spiro atoms. The molecule has 0 N–H and O–H groups in total. The Kier molecular flexibility index (Phi) is 4.78. The molecule has 0 radical (unpaired) electrons. The van der Waals surface area contributed by atoms with Gasteiger partial charge in [-0.25, -0.2) is 4.79 Å². The van der Waals surface area contributed by atoms with E-state index in [1.807, 2.05) is 0 Å². The highest BCUT2D eigenvalue weighted by Crippen LogP contribution is 2.42. The van der Waals surface area contributed by atoms with Crippen LogP contribution in [0.15, 0.2) is 17.0 Å². The Morgan fingerprint density at radius 2 is 1.81 bits per heavy atom. The van der Waals surface area contributed by atoms with E-state index in [0.29, 0.717) is 12.1 Å². The number of carbonyl (C=O) groups excluding carboxylic acids is 1. The minimum atomic E-state index is -4.99. The number of thioether (sulfide) groups is 1. The van der Waals surface area contributed by atoms with E-state index in [4.69, 9.17) is 5.26 Å². The predicted octanol–water partition coefficient (Wildman–Crippen LogP) is 3.98. The van der Waals surface area contributed by atoms with Gasteiger partial charge in [0.2, 0.25) is 0 Å². The van der Waals surface area contributed by atoms with Gasteiger partial charge in [-0.2, -0.15) is 31.6 Å². The average molecular weight is 329 g/mol. The van der Waals surface area contributed by atoms with Crippen molar-refractivity contribution in [2.45, 2.75) is 16.6 Å². The van der Waals surface area contributed by atoms with Crippen LogP contribution in [0.5, 0.6) is 0 Å². The third-order valence-electron chi connectivity index (χ3n) is 2.20. The first-order valence-electron chi connectivity index (χ1n) is 4.99. The molecule has 21 heavy (non-hydrogen) atoms. The lowest BCUT2D eigenvalue weighted by molar-refractivity contribution is -0.137. The highest BCUT2D eigenvalue weighted by Gasteiger charge is 2.39. The second-order valence-electron chi connectivity index (χ2n) is 3.51. The highest BCUT2D eigenvalue weighted by atomic mass is 32.2. The van der Waals surface area contributed by atoms with Gasteiger partial charge in [-0.3, -0.25) is 0 Å². The van der Waals surface area contributed by atoms with Crippen LogP contribution in [0.2, 0.25) is 0 Å². The summed E-state index contributed by atoms with van der Waals surface area (Å²) < 4.78 is 79.4. The molecule has 0 unspecified atom stereocenters. The number of ether oxygens (including phenoxy) is 1. The topological polar surface area (TPSA) is 50.1 Å². The van der Waals surface area contributed by atoms with Gasteiger partial charge < -0.3 is 4.74 Å². The molecule has 0 heterocycles. The maximum Gasteiger partial charge on any atom is 0.446 e. The van der Waals surface area contributed by atoms with Crippen LogP contribution >= 0.6 is 11.8 Å². The third kappa shape index (κ3) is 4.04. The molecule has 0 atom stereocenters. The summed E-state index contributed by atoms with van der Waals surface area (Å²) in [7, 11) is 0.784. The van der Waals surface area contributed by atoms with E-state index in [9.17, 15) is 31.1 Å². The lowest BCUT2D eigenvalue weighted by Crippen LogP contribution is -2.15. The Morgan fingerprint density at radius 3 is 2.19 bits per heavy atom. The van der Waals surface area contributed by atoms with E-state index >= 15 is 0 Å². The van der Waals surface area contributed by atoms with Crippen molar-refractivity contribution in [1.82, 2.24) is 0 Å². The Balaban J connectivity index is 3.64. The molecule has 114 valence electrons. The third-order valence-corrected chi connectivity index (χ3v) is 2.99. The molecule has 0 saturated carbocycles. The summed E-state index contributed by atoms with van der Waals surface area (Å²) in [5, 5.41) is 8.78. The van der Waals surface area contributed by atoms with Crippen LogP contribution in [0.1, 0.15) is 21.5 Å². The second-order valence-corrected chi connectivity index (χ2v) is 4.62. The number of carbonyl (C=O) groups is 1. The van der Waals surface area contributed by atoms with Crippen molar-refractivity contribution >= 4 is 17.7 Å². The van der Waals surface area contributed by atoms with Crippen molar-refractivity contribution in [3.05, 3.63) is 28.8 Å². The molecule has 0 saturated heterocycles. The van der Waals surface area contributed by atoms with Gasteiger partial charge in [0, 0.05) is 4.90 Å². The van der Waals surface area contributed by atoms with Crippen molar-refractivity contribution in [2.75, 3.05) is 7.11 Å². The fraction of sp³-hybridized carbons (Fsp3) is 0.273. The van der Waals surface area contributed by atoms with Crippen molar-refractivity contribution in [3.8, 4) is 6.07 Å². The molecular weight excluding hydrogens is 324 g/mol. The fourth-order valence-corrected chi connectivity index (χ4v) is 2.12. The molecular formula is C11H5F6NO2S. The Hall–Kier alpha value is -1.89. The molecule has 1 aromatic carbocycles. The van der Waals surface area contributed by atoms with Gasteiger partial charge >= 0.3 is 17.7 Å². The van der Waals surface area contributed by atoms with Crippen LogP contribution in [0.3, 0.4) is 0 Å². The van der Waals surface area contributed by atoms with Crippen LogP contribution in [0.25, 0.3) is 0 Å². The van der Waals surface area contributed by atoms with Gasteiger partial charge in [-0.05, 0) is 23.9 Å². The SMILES string of the molecule is COC(=O)c1c(SC(F)(F)F)ccc(C(F)(F)F)c1C#N. The number of esters is 1. The van der Waals surface area contributed by atoms with E-state index in [-0.39, 0.29) is 0 Å². The molecule has 0 aliphatic rings. The van der Waals surface area contributed by atoms with Gasteiger partial charge in [0.15, 0.2) is 0 Å².